The third-order valence-corrected chi connectivity index (χ3v) is 5.45. The van der Waals surface area contributed by atoms with E-state index in [9.17, 15) is 4.79 Å². The van der Waals surface area contributed by atoms with E-state index in [4.69, 9.17) is 11.6 Å². The monoisotopic (exact) mass is 305 g/mol. The molecule has 2 N–H and O–H groups in total. The Balaban J connectivity index is 1.84. The van der Waals surface area contributed by atoms with Gasteiger partial charge in [0.05, 0.1) is 17.4 Å². The highest BCUT2D eigenvalue weighted by molar-refractivity contribution is 6.31. The first-order valence-corrected chi connectivity index (χ1v) is 7.53. The molecular weight excluding hydrogens is 286 g/mol. The molecule has 1 heterocycles. The molecule has 1 saturated carbocycles. The van der Waals surface area contributed by atoms with E-state index in [1.165, 1.54) is 0 Å². The van der Waals surface area contributed by atoms with Crippen molar-refractivity contribution in [2.75, 3.05) is 0 Å². The number of hydrogen-bond donors (Lipinski definition) is 2. The maximum atomic E-state index is 12.1. The highest BCUT2D eigenvalue weighted by Crippen LogP contribution is 2.62. The summed E-state index contributed by atoms with van der Waals surface area (Å²) in [5.74, 6) is 0.647. The summed E-state index contributed by atoms with van der Waals surface area (Å²) < 4.78 is 0. The summed E-state index contributed by atoms with van der Waals surface area (Å²) in [6.45, 7) is 9.55. The molecule has 4 nitrogen and oxygen atoms in total. The molecule has 1 aliphatic rings. The molecule has 0 unspecified atom stereocenters. The number of nitrogens with one attached hydrogen (secondary N) is 2. The van der Waals surface area contributed by atoms with E-state index in [1.54, 1.807) is 18.2 Å². The summed E-state index contributed by atoms with van der Waals surface area (Å²) in [5.41, 5.74) is 1.03. The Morgan fingerprint density at radius 2 is 1.95 bits per heavy atom. The first-order chi connectivity index (χ1) is 9.73. The van der Waals surface area contributed by atoms with Crippen LogP contribution in [0, 0.1) is 10.8 Å². The molecule has 5 heteroatoms. The lowest BCUT2D eigenvalue weighted by molar-refractivity contribution is 0.457. The molecule has 0 atom stereocenters. The molecule has 21 heavy (non-hydrogen) atoms. The van der Waals surface area contributed by atoms with Crippen LogP contribution in [0.2, 0.25) is 5.02 Å². The summed E-state index contributed by atoms with van der Waals surface area (Å²) in [5, 5.41) is 4.65. The van der Waals surface area contributed by atoms with Gasteiger partial charge in [-0.3, -0.25) is 4.79 Å². The molecule has 2 aromatic rings. The van der Waals surface area contributed by atoms with E-state index in [-0.39, 0.29) is 16.4 Å². The summed E-state index contributed by atoms with van der Waals surface area (Å²) in [6.07, 6.45) is 0. The minimum atomic E-state index is -0.122. The van der Waals surface area contributed by atoms with Crippen molar-refractivity contribution in [1.82, 2.24) is 15.3 Å². The molecule has 3 rings (SSSR count). The van der Waals surface area contributed by atoms with Gasteiger partial charge in [-0.15, -0.1) is 0 Å². The molecular formula is C16H20ClN3O. The van der Waals surface area contributed by atoms with Crippen LogP contribution in [0.25, 0.3) is 10.9 Å². The van der Waals surface area contributed by atoms with E-state index >= 15 is 0 Å². The van der Waals surface area contributed by atoms with Crippen molar-refractivity contribution < 1.29 is 0 Å². The third kappa shape index (κ3) is 2.27. The van der Waals surface area contributed by atoms with E-state index in [0.29, 0.717) is 34.3 Å². The summed E-state index contributed by atoms with van der Waals surface area (Å²) in [6, 6.07) is 5.55. The minimum Gasteiger partial charge on any atom is -0.309 e. The van der Waals surface area contributed by atoms with Gasteiger partial charge in [0.25, 0.3) is 5.56 Å². The average molecular weight is 306 g/mol. The fourth-order valence-corrected chi connectivity index (χ4v) is 3.32. The van der Waals surface area contributed by atoms with Crippen LogP contribution in [-0.4, -0.2) is 16.0 Å². The smallest absolute Gasteiger partial charge is 0.258 e. The molecule has 1 aromatic carbocycles. The van der Waals surface area contributed by atoms with Gasteiger partial charge in [-0.1, -0.05) is 39.3 Å². The van der Waals surface area contributed by atoms with Gasteiger partial charge in [-0.05, 0) is 29.0 Å². The summed E-state index contributed by atoms with van der Waals surface area (Å²) in [4.78, 5) is 19.4. The van der Waals surface area contributed by atoms with Crippen molar-refractivity contribution in [1.29, 1.82) is 0 Å². The Kier molecular flexibility index (Phi) is 3.15. The number of fused-ring (bicyclic) bond motifs is 1. The first-order valence-electron chi connectivity index (χ1n) is 7.15. The maximum Gasteiger partial charge on any atom is 0.258 e. The maximum absolute atomic E-state index is 12.1. The molecule has 0 spiro atoms. The second kappa shape index (κ2) is 4.55. The number of rotatable bonds is 3. The molecule has 1 fully saturated rings. The van der Waals surface area contributed by atoms with Crippen LogP contribution in [-0.2, 0) is 6.54 Å². The number of nitrogens with zero attached hydrogens (tertiary/aromatic N) is 1. The fourth-order valence-electron chi connectivity index (χ4n) is 3.15. The standard InChI is InChI=1S/C16H20ClN3O/c1-15(2)14(16(15,3)4)18-8-12-19-11-7-9(17)5-6-10(11)13(21)20-12/h5-7,14,18H,8H2,1-4H3,(H,19,20,21). The van der Waals surface area contributed by atoms with Crippen LogP contribution < -0.4 is 10.9 Å². The zero-order valence-corrected chi connectivity index (χ0v) is 13.5. The largest absolute Gasteiger partial charge is 0.309 e. The van der Waals surface area contributed by atoms with Crippen molar-refractivity contribution in [2.45, 2.75) is 40.3 Å². The van der Waals surface area contributed by atoms with Crippen LogP contribution in [0.3, 0.4) is 0 Å². The lowest BCUT2D eigenvalue weighted by Gasteiger charge is -2.07. The zero-order chi connectivity index (χ0) is 15.4. The van der Waals surface area contributed by atoms with Crippen molar-refractivity contribution >= 4 is 22.5 Å². The van der Waals surface area contributed by atoms with Crippen LogP contribution in [0.5, 0.6) is 0 Å². The van der Waals surface area contributed by atoms with Crippen molar-refractivity contribution in [3.63, 3.8) is 0 Å². The van der Waals surface area contributed by atoms with Crippen LogP contribution >= 0.6 is 11.6 Å². The lowest BCUT2D eigenvalue weighted by Crippen LogP contribution is -2.24. The zero-order valence-electron chi connectivity index (χ0n) is 12.7. The number of aromatic nitrogens is 2. The molecule has 0 aliphatic heterocycles. The molecule has 0 saturated heterocycles. The minimum absolute atomic E-state index is 0.122. The summed E-state index contributed by atoms with van der Waals surface area (Å²) in [7, 11) is 0. The average Bonchev–Trinajstić information content (AvgIpc) is 2.76. The van der Waals surface area contributed by atoms with E-state index in [1.807, 2.05) is 0 Å². The first kappa shape index (κ1) is 14.5. The topological polar surface area (TPSA) is 57.8 Å². The van der Waals surface area contributed by atoms with Gasteiger partial charge in [0, 0.05) is 11.1 Å². The van der Waals surface area contributed by atoms with Crippen LogP contribution in [0.15, 0.2) is 23.0 Å². The van der Waals surface area contributed by atoms with Crippen molar-refractivity contribution in [2.24, 2.45) is 10.8 Å². The number of halogens is 1. The second-order valence-electron chi connectivity index (χ2n) is 6.93. The van der Waals surface area contributed by atoms with Crippen molar-refractivity contribution in [3.05, 3.63) is 39.4 Å². The van der Waals surface area contributed by atoms with Gasteiger partial charge >= 0.3 is 0 Å². The molecule has 1 aliphatic carbocycles. The number of aromatic amines is 1. The van der Waals surface area contributed by atoms with Gasteiger partial charge in [0.15, 0.2) is 0 Å². The Labute approximate surface area is 128 Å². The number of H-pyrrole nitrogens is 1. The SMILES string of the molecule is CC1(C)C(NCc2nc3cc(Cl)ccc3c(=O)[nH]2)C1(C)C. The van der Waals surface area contributed by atoms with Gasteiger partial charge in [0.2, 0.25) is 0 Å². The van der Waals surface area contributed by atoms with Crippen molar-refractivity contribution in [3.8, 4) is 0 Å². The second-order valence-corrected chi connectivity index (χ2v) is 7.37. The molecule has 0 radical (unpaired) electrons. The molecule has 0 amide bonds. The quantitative estimate of drug-likeness (QED) is 0.916. The van der Waals surface area contributed by atoms with Crippen LogP contribution in [0.1, 0.15) is 33.5 Å². The van der Waals surface area contributed by atoms with Gasteiger partial charge in [-0.25, -0.2) is 4.98 Å². The normalized spacial score (nSPS) is 19.9. The van der Waals surface area contributed by atoms with Crippen LogP contribution in [0.4, 0.5) is 0 Å². The van der Waals surface area contributed by atoms with E-state index < -0.39 is 0 Å². The Morgan fingerprint density at radius 3 is 2.57 bits per heavy atom. The predicted octanol–water partition coefficient (Wildman–Crippen LogP) is 3.10. The molecule has 112 valence electrons. The van der Waals surface area contributed by atoms with E-state index in [0.717, 1.165) is 0 Å². The fraction of sp³-hybridized carbons (Fsp3) is 0.500. The molecule has 0 bridgehead atoms. The third-order valence-electron chi connectivity index (χ3n) is 5.21. The highest BCUT2D eigenvalue weighted by Gasteiger charge is 2.64. The number of hydrogen-bond acceptors (Lipinski definition) is 3. The number of benzene rings is 1. The highest BCUT2D eigenvalue weighted by atomic mass is 35.5. The Hall–Kier alpha value is -1.39. The van der Waals surface area contributed by atoms with Gasteiger partial charge in [-0.2, -0.15) is 0 Å². The van der Waals surface area contributed by atoms with E-state index in [2.05, 4.69) is 43.0 Å². The van der Waals surface area contributed by atoms with Gasteiger partial charge in [0.1, 0.15) is 5.82 Å². The van der Waals surface area contributed by atoms with Gasteiger partial charge < -0.3 is 10.3 Å². The predicted molar refractivity (Wildman–Crippen MR) is 85.6 cm³/mol. The molecule has 1 aromatic heterocycles. The Morgan fingerprint density at radius 1 is 1.29 bits per heavy atom. The lowest BCUT2D eigenvalue weighted by atomic mass is 10.0. The Bertz CT molecular complexity index is 750. The summed E-state index contributed by atoms with van der Waals surface area (Å²) >= 11 is 5.97.